The van der Waals surface area contributed by atoms with E-state index in [0.29, 0.717) is 4.90 Å². The molecule has 2 aromatic rings. The second kappa shape index (κ2) is 9.94. The zero-order valence-corrected chi connectivity index (χ0v) is 19.6. The van der Waals surface area contributed by atoms with Crippen LogP contribution in [0.3, 0.4) is 0 Å². The molecule has 13 heteroatoms. The number of anilines is 1. The van der Waals surface area contributed by atoms with Crippen LogP contribution in [-0.4, -0.2) is 56.3 Å². The summed E-state index contributed by atoms with van der Waals surface area (Å²) >= 11 is 0. The van der Waals surface area contributed by atoms with Crippen molar-refractivity contribution in [1.29, 1.82) is 0 Å². The number of ether oxygens (including phenoxy) is 2. The Hall–Kier alpha value is -3.61. The molecule has 2 aromatic carbocycles. The predicted molar refractivity (Wildman–Crippen MR) is 118 cm³/mol. The molecule has 0 saturated carbocycles. The first kappa shape index (κ1) is 26.0. The first-order chi connectivity index (χ1) is 16.3. The van der Waals surface area contributed by atoms with Crippen LogP contribution in [0.2, 0.25) is 0 Å². The highest BCUT2D eigenvalue weighted by Crippen LogP contribution is 2.39. The zero-order chi connectivity index (χ0) is 26.1. The number of carbonyl (C=O) groups is 3. The third kappa shape index (κ3) is 5.56. The minimum Gasteiger partial charge on any atom is -0.490 e. The molecule has 0 aliphatic carbocycles. The number of benzene rings is 2. The molecule has 0 saturated heterocycles. The Morgan fingerprint density at radius 1 is 1.09 bits per heavy atom. The van der Waals surface area contributed by atoms with E-state index in [-0.39, 0.29) is 29.4 Å². The maximum Gasteiger partial charge on any atom is 0.387 e. The van der Waals surface area contributed by atoms with Crippen LogP contribution in [0, 0.1) is 5.82 Å². The first-order valence-corrected chi connectivity index (χ1v) is 12.3. The van der Waals surface area contributed by atoms with Gasteiger partial charge in [0.2, 0.25) is 5.91 Å². The van der Waals surface area contributed by atoms with Gasteiger partial charge in [0.05, 0.1) is 35.2 Å². The molecule has 1 aliphatic heterocycles. The number of nitrogens with one attached hydrogen (secondary N) is 1. The third-order valence-electron chi connectivity index (χ3n) is 4.97. The van der Waals surface area contributed by atoms with Crippen LogP contribution >= 0.6 is 0 Å². The molecule has 9 nitrogen and oxygen atoms in total. The third-order valence-corrected chi connectivity index (χ3v) is 5.89. The highest BCUT2D eigenvalue weighted by atomic mass is 32.2. The summed E-state index contributed by atoms with van der Waals surface area (Å²) in [5.41, 5.74) is -1.13. The van der Waals surface area contributed by atoms with Crippen molar-refractivity contribution in [2.24, 2.45) is 0 Å². The fourth-order valence-corrected chi connectivity index (χ4v) is 4.63. The van der Waals surface area contributed by atoms with Crippen molar-refractivity contribution in [2.45, 2.75) is 26.5 Å². The van der Waals surface area contributed by atoms with E-state index in [9.17, 15) is 36.0 Å². The van der Waals surface area contributed by atoms with E-state index in [0.717, 1.165) is 31.4 Å². The van der Waals surface area contributed by atoms with Crippen LogP contribution in [0.25, 0.3) is 0 Å². The molecule has 1 atom stereocenters. The van der Waals surface area contributed by atoms with Gasteiger partial charge in [0.1, 0.15) is 15.7 Å². The van der Waals surface area contributed by atoms with Gasteiger partial charge in [0.25, 0.3) is 11.8 Å². The molecule has 0 fully saturated rings. The molecule has 0 aromatic heterocycles. The fraction of sp³-hybridized carbons (Fsp3) is 0.318. The van der Waals surface area contributed by atoms with Crippen LogP contribution in [0.5, 0.6) is 11.5 Å². The van der Waals surface area contributed by atoms with Gasteiger partial charge >= 0.3 is 6.61 Å². The summed E-state index contributed by atoms with van der Waals surface area (Å²) in [7, 11) is -3.84. The summed E-state index contributed by atoms with van der Waals surface area (Å²) in [6.07, 6.45) is 0.874. The van der Waals surface area contributed by atoms with E-state index in [4.69, 9.17) is 4.74 Å². The normalized spacial score (nSPS) is 14.2. The van der Waals surface area contributed by atoms with Crippen LogP contribution < -0.4 is 14.8 Å². The highest BCUT2D eigenvalue weighted by Gasteiger charge is 2.45. The van der Waals surface area contributed by atoms with Crippen LogP contribution in [0.15, 0.2) is 30.3 Å². The summed E-state index contributed by atoms with van der Waals surface area (Å²) in [6, 6.07) is 3.99. The van der Waals surface area contributed by atoms with Crippen molar-refractivity contribution < 1.29 is 45.4 Å². The molecule has 3 amide bonds. The number of amides is 3. The molecule has 35 heavy (non-hydrogen) atoms. The zero-order valence-electron chi connectivity index (χ0n) is 18.8. The molecular weight excluding hydrogens is 493 g/mol. The molecule has 0 unspecified atom stereocenters. The molecule has 1 N–H and O–H groups in total. The lowest BCUT2D eigenvalue weighted by atomic mass is 10.1. The number of alkyl halides is 2. The van der Waals surface area contributed by atoms with E-state index in [1.807, 2.05) is 0 Å². The number of sulfone groups is 1. The lowest BCUT2D eigenvalue weighted by molar-refractivity contribution is -0.114. The predicted octanol–water partition coefficient (Wildman–Crippen LogP) is 3.17. The van der Waals surface area contributed by atoms with Crippen molar-refractivity contribution in [1.82, 2.24) is 4.90 Å². The summed E-state index contributed by atoms with van der Waals surface area (Å²) in [5, 5.41) is 2.35. The summed E-state index contributed by atoms with van der Waals surface area (Å²) in [4.78, 5) is 38.6. The van der Waals surface area contributed by atoms with Gasteiger partial charge in [0.15, 0.2) is 11.5 Å². The van der Waals surface area contributed by atoms with E-state index >= 15 is 0 Å². The molecule has 0 bridgehead atoms. The second-order valence-electron chi connectivity index (χ2n) is 7.63. The average molecular weight is 514 g/mol. The largest absolute Gasteiger partial charge is 0.490 e. The minimum absolute atomic E-state index is 0.0384. The Morgan fingerprint density at radius 3 is 2.31 bits per heavy atom. The van der Waals surface area contributed by atoms with Gasteiger partial charge in [-0.2, -0.15) is 8.78 Å². The van der Waals surface area contributed by atoms with Gasteiger partial charge in [0, 0.05) is 13.2 Å². The number of hydrogen-bond acceptors (Lipinski definition) is 7. The van der Waals surface area contributed by atoms with Gasteiger partial charge in [-0.25, -0.2) is 12.8 Å². The van der Waals surface area contributed by atoms with Crippen LogP contribution in [0.4, 0.5) is 18.9 Å². The van der Waals surface area contributed by atoms with Crippen molar-refractivity contribution in [3.05, 3.63) is 52.8 Å². The Bertz CT molecular complexity index is 1300. The Labute approximate surface area is 198 Å². The van der Waals surface area contributed by atoms with Crippen LogP contribution in [0.1, 0.15) is 46.2 Å². The Balaban J connectivity index is 2.16. The van der Waals surface area contributed by atoms with E-state index in [1.165, 1.54) is 12.1 Å². The SMILES string of the molecule is CCOc1cc([C@@H](CS(C)(=O)=O)N2C(=O)c3c(F)ccc(NC(C)=O)c3C2=O)ccc1OC(F)F. The standard InChI is InChI=1S/C22H21F3N2O7S/c1-4-33-17-9-12(5-8-16(17)34-22(24)25)15(10-35(3,31)32)27-20(29)18-13(23)6-7-14(26-11(2)28)19(18)21(27)30/h5-9,15,22H,4,10H2,1-3H3,(H,26,28)/t15-/m1/s1. The van der Waals surface area contributed by atoms with Crippen molar-refractivity contribution in [2.75, 3.05) is 23.9 Å². The number of rotatable bonds is 9. The number of halogens is 3. The lowest BCUT2D eigenvalue weighted by Crippen LogP contribution is -2.38. The van der Waals surface area contributed by atoms with Crippen molar-refractivity contribution >= 4 is 33.2 Å². The maximum absolute atomic E-state index is 14.6. The smallest absolute Gasteiger partial charge is 0.387 e. The monoisotopic (exact) mass is 514 g/mol. The quantitative estimate of drug-likeness (QED) is 0.511. The van der Waals surface area contributed by atoms with Crippen LogP contribution in [-0.2, 0) is 14.6 Å². The number of hydrogen-bond donors (Lipinski definition) is 1. The van der Waals surface area contributed by atoms with Gasteiger partial charge in [-0.3, -0.25) is 19.3 Å². The van der Waals surface area contributed by atoms with E-state index in [2.05, 4.69) is 10.1 Å². The molecule has 0 radical (unpaired) electrons. The number of carbonyl (C=O) groups excluding carboxylic acids is 3. The van der Waals surface area contributed by atoms with Gasteiger partial charge < -0.3 is 14.8 Å². The van der Waals surface area contributed by atoms with Gasteiger partial charge in [-0.15, -0.1) is 0 Å². The van der Waals surface area contributed by atoms with Crippen molar-refractivity contribution in [3.8, 4) is 11.5 Å². The van der Waals surface area contributed by atoms with E-state index < -0.39 is 62.9 Å². The second-order valence-corrected chi connectivity index (χ2v) is 9.82. The summed E-state index contributed by atoms with van der Waals surface area (Å²) in [5.74, 6) is -5.04. The number of fused-ring (bicyclic) bond motifs is 1. The molecule has 3 rings (SSSR count). The Morgan fingerprint density at radius 2 is 1.74 bits per heavy atom. The first-order valence-electron chi connectivity index (χ1n) is 10.2. The molecule has 1 heterocycles. The molecule has 1 aliphatic rings. The molecular formula is C22H21F3N2O7S. The van der Waals surface area contributed by atoms with Gasteiger partial charge in [-0.05, 0) is 36.8 Å². The number of imide groups is 1. The highest BCUT2D eigenvalue weighted by molar-refractivity contribution is 7.90. The minimum atomic E-state index is -3.84. The number of nitrogens with zero attached hydrogens (tertiary/aromatic N) is 1. The Kier molecular flexibility index (Phi) is 7.38. The van der Waals surface area contributed by atoms with Crippen molar-refractivity contribution in [3.63, 3.8) is 0 Å². The molecule has 0 spiro atoms. The summed E-state index contributed by atoms with van der Waals surface area (Å²) in [6.45, 7) is -0.403. The average Bonchev–Trinajstić information content (AvgIpc) is 3.00. The van der Waals surface area contributed by atoms with Gasteiger partial charge in [-0.1, -0.05) is 6.07 Å². The van der Waals surface area contributed by atoms with E-state index in [1.54, 1.807) is 6.92 Å². The fourth-order valence-electron chi connectivity index (χ4n) is 3.72. The lowest BCUT2D eigenvalue weighted by Gasteiger charge is -2.27. The molecule has 188 valence electrons. The summed E-state index contributed by atoms with van der Waals surface area (Å²) < 4.78 is 74.3. The maximum atomic E-state index is 14.6. The topological polar surface area (TPSA) is 119 Å².